The van der Waals surface area contributed by atoms with Crippen molar-refractivity contribution in [1.82, 2.24) is 4.98 Å². The molecule has 0 fully saturated rings. The van der Waals surface area contributed by atoms with E-state index in [1.807, 2.05) is 30.5 Å². The third-order valence-corrected chi connectivity index (χ3v) is 3.84. The normalized spacial score (nSPS) is 11.9. The van der Waals surface area contributed by atoms with Crippen molar-refractivity contribution in [1.29, 1.82) is 0 Å². The van der Waals surface area contributed by atoms with E-state index in [-0.39, 0.29) is 11.3 Å². The Labute approximate surface area is 143 Å². The molecule has 2 aromatic carbocycles. The third kappa shape index (κ3) is 3.52. The molecule has 0 bridgehead atoms. The summed E-state index contributed by atoms with van der Waals surface area (Å²) in [5, 5.41) is 0.998. The van der Waals surface area contributed by atoms with Gasteiger partial charge in [-0.05, 0) is 23.8 Å². The summed E-state index contributed by atoms with van der Waals surface area (Å²) in [7, 11) is 0. The Hall–Kier alpha value is -3.16. The van der Waals surface area contributed by atoms with Crippen LogP contribution in [0.15, 0.2) is 54.7 Å². The van der Waals surface area contributed by atoms with Gasteiger partial charge < -0.3 is 20.3 Å². The minimum Gasteiger partial charge on any atom is -0.424 e. The summed E-state index contributed by atoms with van der Waals surface area (Å²) in [6.07, 6.45) is 2.11. The Morgan fingerprint density at radius 2 is 1.80 bits per heavy atom. The number of H-pyrrole nitrogens is 1. The maximum absolute atomic E-state index is 12.3. The lowest BCUT2D eigenvalue weighted by atomic mass is 10.1. The third-order valence-electron chi connectivity index (χ3n) is 3.84. The van der Waals surface area contributed by atoms with Gasteiger partial charge in [0.2, 0.25) is 0 Å². The molecular formula is C18H17N3O4. The maximum Gasteiger partial charge on any atom is 0.360 e. The molecule has 1 atom stereocenters. The van der Waals surface area contributed by atoms with Gasteiger partial charge in [0, 0.05) is 23.5 Å². The highest BCUT2D eigenvalue weighted by atomic mass is 16.7. The SMILES string of the molecule is NOC(=O)c1ccccc1OC(=O)C(N)Cc1c[nH]c2ccccc12. The number of hydrogen-bond acceptors (Lipinski definition) is 6. The van der Waals surface area contributed by atoms with E-state index in [1.54, 1.807) is 12.1 Å². The lowest BCUT2D eigenvalue weighted by Crippen LogP contribution is -2.36. The summed E-state index contributed by atoms with van der Waals surface area (Å²) in [6.45, 7) is 0. The van der Waals surface area contributed by atoms with Gasteiger partial charge in [0.1, 0.15) is 17.4 Å². The van der Waals surface area contributed by atoms with Gasteiger partial charge >= 0.3 is 11.9 Å². The minimum atomic E-state index is -0.888. The van der Waals surface area contributed by atoms with E-state index in [0.717, 1.165) is 16.5 Å². The van der Waals surface area contributed by atoms with Crippen molar-refractivity contribution in [2.45, 2.75) is 12.5 Å². The second-order valence-electron chi connectivity index (χ2n) is 5.49. The molecule has 128 valence electrons. The van der Waals surface area contributed by atoms with Crippen LogP contribution in [0.2, 0.25) is 0 Å². The number of esters is 1. The summed E-state index contributed by atoms with van der Waals surface area (Å²) in [5.41, 5.74) is 7.91. The molecule has 0 aliphatic rings. The van der Waals surface area contributed by atoms with Crippen LogP contribution in [-0.4, -0.2) is 23.0 Å². The number of carbonyl (C=O) groups excluding carboxylic acids is 2. The van der Waals surface area contributed by atoms with Crippen molar-refractivity contribution < 1.29 is 19.2 Å². The van der Waals surface area contributed by atoms with E-state index < -0.39 is 18.0 Å². The Morgan fingerprint density at radius 1 is 1.08 bits per heavy atom. The first kappa shape index (κ1) is 16.7. The van der Waals surface area contributed by atoms with Crippen LogP contribution < -0.4 is 16.4 Å². The zero-order valence-electron chi connectivity index (χ0n) is 13.3. The summed E-state index contributed by atoms with van der Waals surface area (Å²) in [6, 6.07) is 13.0. The highest BCUT2D eigenvalue weighted by Crippen LogP contribution is 2.21. The van der Waals surface area contributed by atoms with Gasteiger partial charge in [-0.15, -0.1) is 0 Å². The molecule has 1 aromatic heterocycles. The maximum atomic E-state index is 12.3. The number of para-hydroxylation sites is 2. The summed E-state index contributed by atoms with van der Waals surface area (Å²) in [5.74, 6) is 3.49. The van der Waals surface area contributed by atoms with Crippen LogP contribution >= 0.6 is 0 Å². The molecule has 0 amide bonds. The molecule has 0 spiro atoms. The fraction of sp³-hybridized carbons (Fsp3) is 0.111. The van der Waals surface area contributed by atoms with Gasteiger partial charge in [-0.25, -0.2) is 9.59 Å². The molecule has 3 rings (SSSR count). The second kappa shape index (κ2) is 7.16. The van der Waals surface area contributed by atoms with Crippen molar-refractivity contribution in [3.05, 3.63) is 65.9 Å². The molecule has 0 aliphatic heterocycles. The van der Waals surface area contributed by atoms with Crippen molar-refractivity contribution >= 4 is 22.8 Å². The number of aromatic amines is 1. The number of aromatic nitrogens is 1. The number of nitrogens with two attached hydrogens (primary N) is 2. The van der Waals surface area contributed by atoms with Gasteiger partial charge in [-0.2, -0.15) is 5.90 Å². The highest BCUT2D eigenvalue weighted by molar-refractivity contribution is 5.93. The van der Waals surface area contributed by atoms with Crippen LogP contribution in [0.25, 0.3) is 10.9 Å². The first-order valence-electron chi connectivity index (χ1n) is 7.62. The number of carbonyl (C=O) groups is 2. The molecule has 0 aliphatic carbocycles. The van der Waals surface area contributed by atoms with E-state index in [1.165, 1.54) is 12.1 Å². The number of hydrogen-bond donors (Lipinski definition) is 3. The van der Waals surface area contributed by atoms with E-state index in [9.17, 15) is 9.59 Å². The standard InChI is InChI=1S/C18H17N3O4/c19-14(9-11-10-21-15-7-3-1-5-12(11)15)18(23)24-16-8-4-2-6-13(16)17(22)25-20/h1-8,10,14,21H,9,19-20H2. The Balaban J connectivity index is 1.74. The number of ether oxygens (including phenoxy) is 1. The van der Waals surface area contributed by atoms with E-state index in [2.05, 4.69) is 9.82 Å². The van der Waals surface area contributed by atoms with Crippen LogP contribution in [0.5, 0.6) is 5.75 Å². The summed E-state index contributed by atoms with van der Waals surface area (Å²) < 4.78 is 5.26. The van der Waals surface area contributed by atoms with Crippen LogP contribution in [-0.2, 0) is 16.1 Å². The molecule has 0 radical (unpaired) electrons. The predicted octanol–water partition coefficient (Wildman–Crippen LogP) is 1.67. The van der Waals surface area contributed by atoms with Crippen molar-refractivity contribution in [3.63, 3.8) is 0 Å². The molecule has 3 aromatic rings. The van der Waals surface area contributed by atoms with Gasteiger partial charge in [0.25, 0.3) is 0 Å². The summed E-state index contributed by atoms with van der Waals surface area (Å²) >= 11 is 0. The van der Waals surface area contributed by atoms with Crippen molar-refractivity contribution in [2.24, 2.45) is 11.6 Å². The van der Waals surface area contributed by atoms with E-state index in [4.69, 9.17) is 16.4 Å². The lowest BCUT2D eigenvalue weighted by molar-refractivity contribution is -0.135. The molecule has 7 nitrogen and oxygen atoms in total. The van der Waals surface area contributed by atoms with Gasteiger partial charge in [0.05, 0.1) is 0 Å². The molecule has 0 saturated carbocycles. The van der Waals surface area contributed by atoms with Crippen molar-refractivity contribution in [2.75, 3.05) is 0 Å². The number of nitrogens with one attached hydrogen (secondary N) is 1. The average molecular weight is 339 g/mol. The van der Waals surface area contributed by atoms with Crippen molar-refractivity contribution in [3.8, 4) is 5.75 Å². The number of rotatable bonds is 5. The molecule has 1 unspecified atom stereocenters. The lowest BCUT2D eigenvalue weighted by Gasteiger charge is -2.12. The molecule has 1 heterocycles. The Bertz CT molecular complexity index is 919. The largest absolute Gasteiger partial charge is 0.424 e. The molecule has 0 saturated heterocycles. The predicted molar refractivity (Wildman–Crippen MR) is 91.7 cm³/mol. The van der Waals surface area contributed by atoms with E-state index >= 15 is 0 Å². The van der Waals surface area contributed by atoms with Crippen LogP contribution in [0.1, 0.15) is 15.9 Å². The van der Waals surface area contributed by atoms with E-state index in [0.29, 0.717) is 6.42 Å². The first-order chi connectivity index (χ1) is 12.1. The topological polar surface area (TPSA) is 120 Å². The first-order valence-corrected chi connectivity index (χ1v) is 7.62. The fourth-order valence-corrected chi connectivity index (χ4v) is 2.59. The average Bonchev–Trinajstić information content (AvgIpc) is 3.04. The Kier molecular flexibility index (Phi) is 4.78. The fourth-order valence-electron chi connectivity index (χ4n) is 2.59. The molecule has 7 heteroatoms. The molecule has 25 heavy (non-hydrogen) atoms. The smallest absolute Gasteiger partial charge is 0.360 e. The quantitative estimate of drug-likeness (QED) is 0.369. The van der Waals surface area contributed by atoms with Gasteiger partial charge in [0.15, 0.2) is 0 Å². The number of fused-ring (bicyclic) bond motifs is 1. The molecule has 5 N–H and O–H groups in total. The van der Waals surface area contributed by atoms with Gasteiger partial charge in [-0.3, -0.25) is 0 Å². The van der Waals surface area contributed by atoms with Crippen LogP contribution in [0.4, 0.5) is 0 Å². The zero-order valence-corrected chi connectivity index (χ0v) is 13.3. The monoisotopic (exact) mass is 339 g/mol. The minimum absolute atomic E-state index is 0.0531. The molecular weight excluding hydrogens is 322 g/mol. The second-order valence-corrected chi connectivity index (χ2v) is 5.49. The zero-order chi connectivity index (χ0) is 17.8. The summed E-state index contributed by atoms with van der Waals surface area (Å²) in [4.78, 5) is 31.2. The number of benzene rings is 2. The van der Waals surface area contributed by atoms with Crippen LogP contribution in [0, 0.1) is 0 Å². The van der Waals surface area contributed by atoms with Gasteiger partial charge in [-0.1, -0.05) is 30.3 Å². The Morgan fingerprint density at radius 3 is 2.60 bits per heavy atom. The van der Waals surface area contributed by atoms with Crippen LogP contribution in [0.3, 0.4) is 0 Å². The highest BCUT2D eigenvalue weighted by Gasteiger charge is 2.21.